The van der Waals surface area contributed by atoms with Gasteiger partial charge in [0.15, 0.2) is 11.4 Å². The summed E-state index contributed by atoms with van der Waals surface area (Å²) in [7, 11) is 0. The summed E-state index contributed by atoms with van der Waals surface area (Å²) >= 11 is 1.67. The molecule has 2 rings (SSSR count). The molecule has 2 aromatic carbocycles. The summed E-state index contributed by atoms with van der Waals surface area (Å²) in [5.74, 6) is 0.371. The van der Waals surface area contributed by atoms with Crippen LogP contribution in [0.2, 0.25) is 0 Å². The zero-order valence-electron chi connectivity index (χ0n) is 22.4. The second-order valence-electron chi connectivity index (χ2n) is 10.5. The molecule has 5 heteroatoms. The third-order valence-corrected chi connectivity index (χ3v) is 6.75. The maximum atomic E-state index is 13.3. The zero-order chi connectivity index (χ0) is 25.8. The molecule has 0 aromatic heterocycles. The number of carbonyl (C=O) groups excluding carboxylic acids is 2. The van der Waals surface area contributed by atoms with Crippen LogP contribution in [0.15, 0.2) is 41.3 Å². The maximum Gasteiger partial charge on any atom is 0.350 e. The molecule has 0 saturated heterocycles. The van der Waals surface area contributed by atoms with E-state index in [-0.39, 0.29) is 17.6 Å². The van der Waals surface area contributed by atoms with Gasteiger partial charge >= 0.3 is 5.97 Å². The van der Waals surface area contributed by atoms with E-state index in [9.17, 15) is 9.59 Å². The van der Waals surface area contributed by atoms with Gasteiger partial charge in [0, 0.05) is 16.4 Å². The summed E-state index contributed by atoms with van der Waals surface area (Å²) in [6, 6.07) is 12.0. The van der Waals surface area contributed by atoms with E-state index in [1.807, 2.05) is 65.1 Å². The standard InChI is InChI=1S/C29H40O4S/c1-11-24(25(30)21-12-14-23(34-10)15-13-21)20(4)22-16-18(2)26(19(3)17-22)32-29(8,9)27(31)33-28(5,6)7/h12-17,20,24H,11H2,1-10H3. The molecule has 0 aliphatic carbocycles. The van der Waals surface area contributed by atoms with Crippen molar-refractivity contribution >= 4 is 23.5 Å². The van der Waals surface area contributed by atoms with E-state index in [2.05, 4.69) is 26.0 Å². The fourth-order valence-corrected chi connectivity index (χ4v) is 4.48. The van der Waals surface area contributed by atoms with Gasteiger partial charge in [0.1, 0.15) is 11.4 Å². The minimum Gasteiger partial charge on any atom is -0.476 e. The predicted molar refractivity (Wildman–Crippen MR) is 141 cm³/mol. The Hall–Kier alpha value is -2.27. The van der Waals surface area contributed by atoms with Crippen molar-refractivity contribution in [1.29, 1.82) is 0 Å². The largest absolute Gasteiger partial charge is 0.476 e. The highest BCUT2D eigenvalue weighted by Gasteiger charge is 2.36. The number of esters is 1. The van der Waals surface area contributed by atoms with Gasteiger partial charge in [-0.2, -0.15) is 0 Å². The molecule has 0 radical (unpaired) electrons. The average Bonchev–Trinajstić information content (AvgIpc) is 2.75. The lowest BCUT2D eigenvalue weighted by Crippen LogP contribution is -2.43. The Balaban J connectivity index is 2.29. The highest BCUT2D eigenvalue weighted by Crippen LogP contribution is 2.36. The number of thioether (sulfide) groups is 1. The molecule has 34 heavy (non-hydrogen) atoms. The van der Waals surface area contributed by atoms with Gasteiger partial charge in [-0.1, -0.05) is 38.1 Å². The van der Waals surface area contributed by atoms with Crippen LogP contribution in [0.3, 0.4) is 0 Å². The zero-order valence-corrected chi connectivity index (χ0v) is 23.2. The summed E-state index contributed by atoms with van der Waals surface area (Å²) in [5.41, 5.74) is 2.01. The van der Waals surface area contributed by atoms with E-state index in [1.165, 1.54) is 0 Å². The molecule has 4 nitrogen and oxygen atoms in total. The number of ketones is 1. The van der Waals surface area contributed by atoms with Crippen LogP contribution < -0.4 is 4.74 Å². The van der Waals surface area contributed by atoms with Gasteiger partial charge in [0.25, 0.3) is 0 Å². The Kier molecular flexibility index (Phi) is 9.04. The third-order valence-electron chi connectivity index (χ3n) is 6.01. The van der Waals surface area contributed by atoms with Crippen LogP contribution in [-0.2, 0) is 9.53 Å². The van der Waals surface area contributed by atoms with Crippen LogP contribution in [0.1, 0.15) is 87.9 Å². The second kappa shape index (κ2) is 11.0. The van der Waals surface area contributed by atoms with Crippen molar-refractivity contribution in [3.63, 3.8) is 0 Å². The first-order chi connectivity index (χ1) is 15.7. The van der Waals surface area contributed by atoms with Crippen molar-refractivity contribution in [1.82, 2.24) is 0 Å². The van der Waals surface area contributed by atoms with Crippen molar-refractivity contribution < 1.29 is 19.1 Å². The molecule has 0 aliphatic heterocycles. The van der Waals surface area contributed by atoms with Gasteiger partial charge < -0.3 is 9.47 Å². The van der Waals surface area contributed by atoms with Crippen molar-refractivity contribution in [3.05, 3.63) is 58.7 Å². The number of hydrogen-bond donors (Lipinski definition) is 0. The summed E-state index contributed by atoms with van der Waals surface area (Å²) < 4.78 is 11.7. The topological polar surface area (TPSA) is 52.6 Å². The molecule has 0 saturated carbocycles. The van der Waals surface area contributed by atoms with E-state index in [0.29, 0.717) is 5.75 Å². The van der Waals surface area contributed by atoms with Gasteiger partial charge in [0.2, 0.25) is 0 Å². The lowest BCUT2D eigenvalue weighted by molar-refractivity contribution is -0.171. The number of benzene rings is 2. The van der Waals surface area contributed by atoms with E-state index in [1.54, 1.807) is 25.6 Å². The Labute approximate surface area is 209 Å². The van der Waals surface area contributed by atoms with Crippen molar-refractivity contribution in [2.75, 3.05) is 6.26 Å². The molecule has 0 heterocycles. The van der Waals surface area contributed by atoms with Crippen LogP contribution in [0, 0.1) is 19.8 Å². The van der Waals surface area contributed by atoms with Crippen LogP contribution >= 0.6 is 11.8 Å². The molecule has 0 N–H and O–H groups in total. The number of aryl methyl sites for hydroxylation is 2. The maximum absolute atomic E-state index is 13.3. The monoisotopic (exact) mass is 484 g/mol. The first kappa shape index (κ1) is 28.0. The fourth-order valence-electron chi connectivity index (χ4n) is 4.07. The average molecular weight is 485 g/mol. The summed E-state index contributed by atoms with van der Waals surface area (Å²) in [6.07, 6.45) is 2.78. The number of carbonyl (C=O) groups is 2. The SMILES string of the molecule is CCC(C(=O)c1ccc(SC)cc1)C(C)c1cc(C)c(OC(C)(C)C(=O)OC(C)(C)C)c(C)c1. The van der Waals surface area contributed by atoms with Crippen LogP contribution in [0.25, 0.3) is 0 Å². The molecule has 0 fully saturated rings. The van der Waals surface area contributed by atoms with Crippen molar-refractivity contribution in [3.8, 4) is 5.75 Å². The quantitative estimate of drug-likeness (QED) is 0.209. The van der Waals surface area contributed by atoms with Crippen LogP contribution in [0.5, 0.6) is 5.75 Å². The minimum atomic E-state index is -1.12. The number of Topliss-reactive ketones (excluding diaryl/α,β-unsaturated/α-hetero) is 1. The van der Waals surface area contributed by atoms with E-state index in [4.69, 9.17) is 9.47 Å². The van der Waals surface area contributed by atoms with Crippen molar-refractivity contribution in [2.45, 2.75) is 90.7 Å². The van der Waals surface area contributed by atoms with E-state index >= 15 is 0 Å². The predicted octanol–water partition coefficient (Wildman–Crippen LogP) is 7.54. The molecule has 186 valence electrons. The number of rotatable bonds is 9. The molecule has 2 atom stereocenters. The second-order valence-corrected chi connectivity index (χ2v) is 11.4. The smallest absolute Gasteiger partial charge is 0.350 e. The third kappa shape index (κ3) is 6.88. The Bertz CT molecular complexity index is 992. The molecular formula is C29H40O4S. The van der Waals surface area contributed by atoms with Crippen molar-refractivity contribution in [2.24, 2.45) is 5.92 Å². The Morgan fingerprint density at radius 2 is 1.50 bits per heavy atom. The summed E-state index contributed by atoms with van der Waals surface area (Å²) in [6.45, 7) is 17.1. The van der Waals surface area contributed by atoms with Gasteiger partial charge in [-0.25, -0.2) is 4.79 Å². The molecule has 0 bridgehead atoms. The highest BCUT2D eigenvalue weighted by atomic mass is 32.2. The molecule has 0 spiro atoms. The molecule has 2 unspecified atom stereocenters. The minimum absolute atomic E-state index is 0.0445. The lowest BCUT2D eigenvalue weighted by atomic mass is 9.80. The van der Waals surface area contributed by atoms with Crippen LogP contribution in [0.4, 0.5) is 0 Å². The first-order valence-electron chi connectivity index (χ1n) is 11.9. The van der Waals surface area contributed by atoms with E-state index in [0.717, 1.165) is 33.6 Å². The summed E-state index contributed by atoms with van der Waals surface area (Å²) in [4.78, 5) is 27.1. The summed E-state index contributed by atoms with van der Waals surface area (Å²) in [5, 5.41) is 0. The number of hydrogen-bond acceptors (Lipinski definition) is 5. The number of ether oxygens (including phenoxy) is 2. The van der Waals surface area contributed by atoms with Gasteiger partial charge in [-0.15, -0.1) is 11.8 Å². The normalized spacial score (nSPS) is 13.8. The molecule has 0 aliphatic rings. The van der Waals surface area contributed by atoms with E-state index < -0.39 is 17.2 Å². The first-order valence-corrected chi connectivity index (χ1v) is 13.1. The van der Waals surface area contributed by atoms with Gasteiger partial charge in [-0.05, 0) is 95.9 Å². The highest BCUT2D eigenvalue weighted by molar-refractivity contribution is 7.98. The molecule has 0 amide bonds. The van der Waals surface area contributed by atoms with Crippen LogP contribution in [-0.4, -0.2) is 29.2 Å². The fraction of sp³-hybridized carbons (Fsp3) is 0.517. The molecule has 2 aromatic rings. The Morgan fingerprint density at radius 1 is 0.971 bits per heavy atom. The Morgan fingerprint density at radius 3 is 1.94 bits per heavy atom. The molecular weight excluding hydrogens is 444 g/mol. The van der Waals surface area contributed by atoms with Gasteiger partial charge in [-0.3, -0.25) is 4.79 Å². The lowest BCUT2D eigenvalue weighted by Gasteiger charge is -2.31. The van der Waals surface area contributed by atoms with Gasteiger partial charge in [0.05, 0.1) is 0 Å².